The molecule has 2 N–H and O–H groups in total. The Morgan fingerprint density at radius 2 is 1.77 bits per heavy atom. The Labute approximate surface area is 174 Å². The fourth-order valence-corrected chi connectivity index (χ4v) is 3.90. The number of rotatable bonds is 4. The van der Waals surface area contributed by atoms with Crippen molar-refractivity contribution in [2.45, 2.75) is 20.4 Å². The number of aryl methyl sites for hydroxylation is 2. The minimum atomic E-state index is -0.138. The second kappa shape index (κ2) is 7.19. The monoisotopic (exact) mass is 394 g/mol. The summed E-state index contributed by atoms with van der Waals surface area (Å²) in [6, 6.07) is 22.2. The van der Waals surface area contributed by atoms with E-state index in [1.54, 1.807) is 0 Å². The summed E-state index contributed by atoms with van der Waals surface area (Å²) in [6.45, 7) is 4.67. The van der Waals surface area contributed by atoms with Gasteiger partial charge in [-0.1, -0.05) is 54.6 Å². The highest BCUT2D eigenvalue weighted by molar-refractivity contribution is 5.87. The molecule has 0 bridgehead atoms. The predicted octanol–water partition coefficient (Wildman–Crippen LogP) is 5.07. The fraction of sp³-hybridized carbons (Fsp3) is 0.120. The molecular formula is C25H22N4O. The topological polar surface area (TPSA) is 62.2 Å². The van der Waals surface area contributed by atoms with Crippen molar-refractivity contribution >= 4 is 22.4 Å². The van der Waals surface area contributed by atoms with Crippen LogP contribution in [0.3, 0.4) is 0 Å². The first kappa shape index (κ1) is 18.2. The second-order valence-electron chi connectivity index (χ2n) is 7.58. The average molecular weight is 394 g/mol. The zero-order valence-corrected chi connectivity index (χ0v) is 16.9. The molecule has 0 atom stereocenters. The number of anilines is 1. The number of aromatic amines is 1. The lowest BCUT2D eigenvalue weighted by atomic mass is 10.1. The van der Waals surface area contributed by atoms with Gasteiger partial charge < -0.3 is 10.3 Å². The number of hydrogen-bond donors (Lipinski definition) is 2. The van der Waals surface area contributed by atoms with Crippen LogP contribution in [-0.4, -0.2) is 14.4 Å². The number of imidazole rings is 1. The van der Waals surface area contributed by atoms with Crippen LogP contribution in [0.1, 0.15) is 16.7 Å². The molecule has 30 heavy (non-hydrogen) atoms. The van der Waals surface area contributed by atoms with Crippen molar-refractivity contribution < 1.29 is 0 Å². The second-order valence-corrected chi connectivity index (χ2v) is 7.58. The number of pyridine rings is 2. The number of nitrogens with one attached hydrogen (secondary N) is 2. The molecule has 3 aromatic heterocycles. The van der Waals surface area contributed by atoms with Gasteiger partial charge in [-0.3, -0.25) is 9.20 Å². The van der Waals surface area contributed by atoms with Crippen LogP contribution in [0.5, 0.6) is 0 Å². The van der Waals surface area contributed by atoms with Gasteiger partial charge in [0.1, 0.15) is 17.2 Å². The van der Waals surface area contributed by atoms with Gasteiger partial charge in [-0.05, 0) is 48.1 Å². The third kappa shape index (κ3) is 3.05. The Bertz CT molecular complexity index is 1430. The maximum Gasteiger partial charge on any atom is 0.258 e. The largest absolute Gasteiger partial charge is 0.365 e. The molecule has 5 heteroatoms. The average Bonchev–Trinajstić information content (AvgIpc) is 3.13. The lowest BCUT2D eigenvalue weighted by Crippen LogP contribution is -2.11. The van der Waals surface area contributed by atoms with Crippen molar-refractivity contribution in [2.75, 3.05) is 5.32 Å². The van der Waals surface area contributed by atoms with Gasteiger partial charge in [0, 0.05) is 12.7 Å². The Kier molecular flexibility index (Phi) is 4.36. The van der Waals surface area contributed by atoms with Crippen LogP contribution in [0, 0.1) is 13.8 Å². The minimum absolute atomic E-state index is 0.138. The van der Waals surface area contributed by atoms with E-state index in [0.29, 0.717) is 17.8 Å². The third-order valence-corrected chi connectivity index (χ3v) is 5.49. The van der Waals surface area contributed by atoms with Gasteiger partial charge in [-0.2, -0.15) is 0 Å². The number of benzene rings is 2. The zero-order valence-electron chi connectivity index (χ0n) is 16.9. The van der Waals surface area contributed by atoms with Crippen LogP contribution in [0.25, 0.3) is 27.8 Å². The molecule has 148 valence electrons. The summed E-state index contributed by atoms with van der Waals surface area (Å²) in [5, 5.41) is 4.51. The standard InChI is InChI=1S/C25H22N4O/c1-16-8-6-12-19-14-20(25(30)28-21(16)19)22-24(26-15-18-10-4-3-5-11-18)29-13-7-9-17(2)23(29)27-22/h3-14,26H,15H2,1-2H3,(H,28,30). The Morgan fingerprint density at radius 3 is 2.60 bits per heavy atom. The zero-order chi connectivity index (χ0) is 20.7. The summed E-state index contributed by atoms with van der Waals surface area (Å²) < 4.78 is 2.02. The van der Waals surface area contributed by atoms with E-state index in [1.807, 2.05) is 79.0 Å². The molecule has 0 aliphatic heterocycles. The first-order valence-electron chi connectivity index (χ1n) is 10.0. The van der Waals surface area contributed by atoms with Gasteiger partial charge in [0.05, 0.1) is 11.1 Å². The molecule has 5 nitrogen and oxygen atoms in total. The summed E-state index contributed by atoms with van der Waals surface area (Å²) in [5.74, 6) is 0.815. The van der Waals surface area contributed by atoms with Gasteiger partial charge in [0.2, 0.25) is 0 Å². The Morgan fingerprint density at radius 1 is 0.967 bits per heavy atom. The first-order valence-corrected chi connectivity index (χ1v) is 10.0. The Hall–Kier alpha value is -3.86. The van der Waals surface area contributed by atoms with Crippen LogP contribution >= 0.6 is 0 Å². The highest BCUT2D eigenvalue weighted by Gasteiger charge is 2.18. The van der Waals surface area contributed by atoms with Crippen molar-refractivity contribution in [3.63, 3.8) is 0 Å². The van der Waals surface area contributed by atoms with Crippen molar-refractivity contribution in [1.82, 2.24) is 14.4 Å². The van der Waals surface area contributed by atoms with Gasteiger partial charge in [0.25, 0.3) is 5.56 Å². The molecule has 5 rings (SSSR count). The first-order chi connectivity index (χ1) is 14.6. The van der Waals surface area contributed by atoms with Crippen LogP contribution in [0.2, 0.25) is 0 Å². The van der Waals surface area contributed by atoms with E-state index in [0.717, 1.165) is 39.1 Å². The SMILES string of the molecule is Cc1cccc2cc(-c3nc4c(C)cccn4c3NCc3ccccc3)c(=O)[nH]c12. The van der Waals surface area contributed by atoms with E-state index in [2.05, 4.69) is 22.4 Å². The van der Waals surface area contributed by atoms with Gasteiger partial charge in [-0.25, -0.2) is 4.98 Å². The predicted molar refractivity (Wildman–Crippen MR) is 122 cm³/mol. The van der Waals surface area contributed by atoms with E-state index >= 15 is 0 Å². The van der Waals surface area contributed by atoms with Crippen LogP contribution in [0.15, 0.2) is 77.7 Å². The van der Waals surface area contributed by atoms with Gasteiger partial charge in [0.15, 0.2) is 0 Å². The van der Waals surface area contributed by atoms with E-state index in [9.17, 15) is 4.79 Å². The molecule has 0 aliphatic rings. The van der Waals surface area contributed by atoms with Gasteiger partial charge in [-0.15, -0.1) is 0 Å². The number of aromatic nitrogens is 3. The summed E-state index contributed by atoms with van der Waals surface area (Å²) in [5.41, 5.74) is 6.05. The molecule has 5 aromatic rings. The van der Waals surface area contributed by atoms with E-state index in [1.165, 1.54) is 0 Å². The molecule has 0 radical (unpaired) electrons. The molecular weight excluding hydrogens is 372 g/mol. The maximum absolute atomic E-state index is 13.0. The van der Waals surface area contributed by atoms with Crippen LogP contribution in [-0.2, 0) is 6.54 Å². The van der Waals surface area contributed by atoms with E-state index in [4.69, 9.17) is 4.98 Å². The Balaban J connectivity index is 1.71. The van der Waals surface area contributed by atoms with E-state index in [-0.39, 0.29) is 5.56 Å². The molecule has 0 saturated heterocycles. The molecule has 0 aliphatic carbocycles. The minimum Gasteiger partial charge on any atom is -0.365 e. The highest BCUT2D eigenvalue weighted by Crippen LogP contribution is 2.30. The lowest BCUT2D eigenvalue weighted by Gasteiger charge is -2.10. The quantitative estimate of drug-likeness (QED) is 0.447. The lowest BCUT2D eigenvalue weighted by molar-refractivity contribution is 1.08. The summed E-state index contributed by atoms with van der Waals surface area (Å²) >= 11 is 0. The molecule has 0 saturated carbocycles. The number of nitrogens with zero attached hydrogens (tertiary/aromatic N) is 2. The summed E-state index contributed by atoms with van der Waals surface area (Å²) in [4.78, 5) is 21.0. The molecule has 3 heterocycles. The highest BCUT2D eigenvalue weighted by atomic mass is 16.1. The molecule has 0 spiro atoms. The van der Waals surface area contributed by atoms with Crippen molar-refractivity contribution in [3.05, 3.63) is 100.0 Å². The van der Waals surface area contributed by atoms with Gasteiger partial charge >= 0.3 is 0 Å². The number of para-hydroxylation sites is 1. The smallest absolute Gasteiger partial charge is 0.258 e. The normalized spacial score (nSPS) is 11.3. The van der Waals surface area contributed by atoms with Crippen molar-refractivity contribution in [1.29, 1.82) is 0 Å². The molecule has 0 unspecified atom stereocenters. The summed E-state index contributed by atoms with van der Waals surface area (Å²) in [6.07, 6.45) is 1.98. The molecule has 0 amide bonds. The van der Waals surface area contributed by atoms with Crippen LogP contribution in [0.4, 0.5) is 5.82 Å². The number of hydrogen-bond acceptors (Lipinski definition) is 3. The third-order valence-electron chi connectivity index (χ3n) is 5.49. The van der Waals surface area contributed by atoms with Crippen LogP contribution < -0.4 is 10.9 Å². The molecule has 0 fully saturated rings. The van der Waals surface area contributed by atoms with E-state index < -0.39 is 0 Å². The van der Waals surface area contributed by atoms with Crippen molar-refractivity contribution in [3.8, 4) is 11.3 Å². The molecule has 2 aromatic carbocycles. The number of H-pyrrole nitrogens is 1. The fourth-order valence-electron chi connectivity index (χ4n) is 3.90. The maximum atomic E-state index is 13.0. The van der Waals surface area contributed by atoms with Crippen molar-refractivity contribution in [2.24, 2.45) is 0 Å². The summed E-state index contributed by atoms with van der Waals surface area (Å²) in [7, 11) is 0. The number of fused-ring (bicyclic) bond motifs is 2.